The quantitative estimate of drug-likeness (QED) is 0.558. The number of nitrogens with zero attached hydrogens (tertiary/aromatic N) is 4. The minimum absolute atomic E-state index is 0.116. The molecule has 0 radical (unpaired) electrons. The molecule has 6 heteroatoms. The summed E-state index contributed by atoms with van der Waals surface area (Å²) in [6, 6.07) is 12.0. The number of fused-ring (bicyclic) bond motifs is 1. The van der Waals surface area contributed by atoms with Gasteiger partial charge < -0.3 is 5.32 Å². The number of benzene rings is 1. The Bertz CT molecular complexity index is 1060. The van der Waals surface area contributed by atoms with E-state index in [1.54, 1.807) is 23.7 Å². The molecule has 4 rings (SSSR count). The normalized spacial score (nSPS) is 12.3. The third-order valence-electron chi connectivity index (χ3n) is 4.23. The minimum Gasteiger partial charge on any atom is -0.362 e. The summed E-state index contributed by atoms with van der Waals surface area (Å²) in [5.74, 6) is 1.53. The van der Waals surface area contributed by atoms with Crippen molar-refractivity contribution in [1.82, 2.24) is 19.9 Å². The van der Waals surface area contributed by atoms with Crippen molar-refractivity contribution in [3.8, 4) is 11.4 Å². The number of hydrogen-bond acceptors (Lipinski definition) is 6. The predicted molar refractivity (Wildman–Crippen MR) is 106 cm³/mol. The molecule has 0 aliphatic rings. The maximum absolute atomic E-state index is 4.81. The summed E-state index contributed by atoms with van der Waals surface area (Å²) < 4.78 is 0. The van der Waals surface area contributed by atoms with Crippen molar-refractivity contribution in [3.63, 3.8) is 0 Å². The molecular formula is C20H19N5S. The van der Waals surface area contributed by atoms with Gasteiger partial charge in [0.2, 0.25) is 0 Å². The van der Waals surface area contributed by atoms with Gasteiger partial charge in [-0.1, -0.05) is 12.1 Å². The molecule has 0 fully saturated rings. The highest BCUT2D eigenvalue weighted by molar-refractivity contribution is 7.11. The summed E-state index contributed by atoms with van der Waals surface area (Å²) in [7, 11) is 0. The molecule has 26 heavy (non-hydrogen) atoms. The number of hydrogen-bond donors (Lipinski definition) is 1. The lowest BCUT2D eigenvalue weighted by molar-refractivity contribution is 0.881. The van der Waals surface area contributed by atoms with Gasteiger partial charge in [-0.3, -0.25) is 4.98 Å². The fraction of sp³-hybridized carbons (Fsp3) is 0.200. The van der Waals surface area contributed by atoms with Gasteiger partial charge in [-0.25, -0.2) is 15.0 Å². The molecule has 0 saturated heterocycles. The van der Waals surface area contributed by atoms with Gasteiger partial charge in [0, 0.05) is 28.2 Å². The van der Waals surface area contributed by atoms with Gasteiger partial charge in [-0.05, 0) is 45.0 Å². The van der Waals surface area contributed by atoms with Crippen molar-refractivity contribution in [3.05, 3.63) is 64.4 Å². The van der Waals surface area contributed by atoms with E-state index >= 15 is 0 Å². The second kappa shape index (κ2) is 6.80. The maximum Gasteiger partial charge on any atom is 0.162 e. The van der Waals surface area contributed by atoms with Gasteiger partial charge in [0.15, 0.2) is 5.82 Å². The Hall–Kier alpha value is -2.86. The van der Waals surface area contributed by atoms with E-state index in [-0.39, 0.29) is 6.04 Å². The number of aryl methyl sites for hydroxylation is 2. The van der Waals surface area contributed by atoms with Crippen LogP contribution < -0.4 is 5.32 Å². The summed E-state index contributed by atoms with van der Waals surface area (Å²) in [4.78, 5) is 19.4. The molecule has 0 amide bonds. The van der Waals surface area contributed by atoms with Crippen molar-refractivity contribution in [2.24, 2.45) is 0 Å². The fourth-order valence-electron chi connectivity index (χ4n) is 3.04. The first kappa shape index (κ1) is 16.6. The first-order chi connectivity index (χ1) is 12.6. The van der Waals surface area contributed by atoms with E-state index in [0.29, 0.717) is 5.82 Å². The van der Waals surface area contributed by atoms with Crippen molar-refractivity contribution in [1.29, 1.82) is 0 Å². The number of pyridine rings is 1. The van der Waals surface area contributed by atoms with E-state index in [2.05, 4.69) is 29.1 Å². The van der Waals surface area contributed by atoms with Gasteiger partial charge in [0.1, 0.15) is 5.82 Å². The Morgan fingerprint density at radius 1 is 0.962 bits per heavy atom. The number of para-hydroxylation sites is 1. The first-order valence-electron chi connectivity index (χ1n) is 8.49. The highest BCUT2D eigenvalue weighted by Crippen LogP contribution is 2.30. The molecule has 0 aliphatic carbocycles. The van der Waals surface area contributed by atoms with Crippen LogP contribution in [-0.2, 0) is 0 Å². The lowest BCUT2D eigenvalue weighted by Gasteiger charge is -2.16. The highest BCUT2D eigenvalue weighted by atomic mass is 32.1. The zero-order valence-electron chi connectivity index (χ0n) is 14.9. The van der Waals surface area contributed by atoms with Crippen molar-refractivity contribution in [2.45, 2.75) is 26.8 Å². The number of nitrogens with one attached hydrogen (secondary N) is 1. The van der Waals surface area contributed by atoms with E-state index in [1.807, 2.05) is 43.3 Å². The molecule has 1 atom stereocenters. The number of rotatable bonds is 4. The molecule has 130 valence electrons. The third-order valence-corrected chi connectivity index (χ3v) is 5.48. The summed E-state index contributed by atoms with van der Waals surface area (Å²) in [5.41, 5.74) is 2.94. The Kier molecular flexibility index (Phi) is 4.34. The van der Waals surface area contributed by atoms with Crippen LogP contribution >= 0.6 is 11.3 Å². The average molecular weight is 361 g/mol. The molecular weight excluding hydrogens is 342 g/mol. The van der Waals surface area contributed by atoms with Crippen LogP contribution in [0.3, 0.4) is 0 Å². The van der Waals surface area contributed by atoms with Crippen LogP contribution in [0.5, 0.6) is 0 Å². The van der Waals surface area contributed by atoms with E-state index in [1.165, 1.54) is 4.88 Å². The van der Waals surface area contributed by atoms with Crippen LogP contribution in [0, 0.1) is 13.8 Å². The summed E-state index contributed by atoms with van der Waals surface area (Å²) >= 11 is 1.72. The van der Waals surface area contributed by atoms with Crippen LogP contribution in [-0.4, -0.2) is 19.9 Å². The molecule has 0 saturated carbocycles. The Labute approximate surface area is 156 Å². The number of anilines is 1. The van der Waals surface area contributed by atoms with Crippen molar-refractivity contribution < 1.29 is 0 Å². The first-order valence-corrected chi connectivity index (χ1v) is 9.31. The van der Waals surface area contributed by atoms with Crippen molar-refractivity contribution in [2.75, 3.05) is 5.32 Å². The largest absolute Gasteiger partial charge is 0.362 e. The van der Waals surface area contributed by atoms with E-state index in [4.69, 9.17) is 9.97 Å². The highest BCUT2D eigenvalue weighted by Gasteiger charge is 2.16. The van der Waals surface area contributed by atoms with Crippen LogP contribution in [0.4, 0.5) is 5.82 Å². The van der Waals surface area contributed by atoms with Gasteiger partial charge in [0.25, 0.3) is 0 Å². The second-order valence-corrected chi connectivity index (χ2v) is 7.43. The second-order valence-electron chi connectivity index (χ2n) is 6.20. The van der Waals surface area contributed by atoms with Crippen molar-refractivity contribution >= 4 is 28.1 Å². The Morgan fingerprint density at radius 2 is 1.73 bits per heavy atom. The molecule has 5 nitrogen and oxygen atoms in total. The van der Waals surface area contributed by atoms with E-state index < -0.39 is 0 Å². The number of thiazole rings is 1. The fourth-order valence-corrected chi connectivity index (χ4v) is 3.97. The smallest absolute Gasteiger partial charge is 0.162 e. The molecule has 0 aliphatic heterocycles. The molecule has 0 bridgehead atoms. The molecule has 1 N–H and O–H groups in total. The Balaban J connectivity index is 1.79. The zero-order valence-corrected chi connectivity index (χ0v) is 15.7. The summed E-state index contributed by atoms with van der Waals surface area (Å²) in [5, 5.41) is 5.66. The lowest BCUT2D eigenvalue weighted by Crippen LogP contribution is -2.09. The maximum atomic E-state index is 4.81. The molecule has 0 unspecified atom stereocenters. The van der Waals surface area contributed by atoms with Gasteiger partial charge in [-0.2, -0.15) is 0 Å². The molecule has 3 heterocycles. The summed E-state index contributed by atoms with van der Waals surface area (Å²) in [6.07, 6.45) is 3.51. The zero-order chi connectivity index (χ0) is 18.1. The van der Waals surface area contributed by atoms with Gasteiger partial charge in [0.05, 0.1) is 22.3 Å². The predicted octanol–water partition coefficient (Wildman–Crippen LogP) is 4.94. The molecule has 4 aromatic rings. The third kappa shape index (κ3) is 3.15. The SMILES string of the molecule is Cc1nc(C)c([C@H](C)Nc2nc(-c3ccncc3)nc3ccccc23)s1. The van der Waals surface area contributed by atoms with Crippen LogP contribution in [0.2, 0.25) is 0 Å². The molecule has 1 aromatic carbocycles. The van der Waals surface area contributed by atoms with E-state index in [0.717, 1.165) is 33.0 Å². The van der Waals surface area contributed by atoms with Crippen LogP contribution in [0.1, 0.15) is 28.5 Å². The van der Waals surface area contributed by atoms with Crippen LogP contribution in [0.15, 0.2) is 48.8 Å². The van der Waals surface area contributed by atoms with E-state index in [9.17, 15) is 0 Å². The topological polar surface area (TPSA) is 63.6 Å². The molecule has 3 aromatic heterocycles. The minimum atomic E-state index is 0.116. The Morgan fingerprint density at radius 3 is 2.46 bits per heavy atom. The number of aromatic nitrogens is 4. The van der Waals surface area contributed by atoms with Gasteiger partial charge in [-0.15, -0.1) is 11.3 Å². The van der Waals surface area contributed by atoms with Crippen LogP contribution in [0.25, 0.3) is 22.3 Å². The lowest BCUT2D eigenvalue weighted by atomic mass is 10.2. The molecule has 0 spiro atoms. The average Bonchev–Trinajstić information content (AvgIpc) is 3.00. The summed E-state index contributed by atoms with van der Waals surface area (Å²) in [6.45, 7) is 6.23. The monoisotopic (exact) mass is 361 g/mol. The standard InChI is InChI=1S/C20H19N5S/c1-12-18(26-14(3)22-12)13(2)23-20-16-6-4-5-7-17(16)24-19(25-20)15-8-10-21-11-9-15/h4-11,13H,1-3H3,(H,23,24,25)/t13-/m0/s1. The van der Waals surface area contributed by atoms with Gasteiger partial charge >= 0.3 is 0 Å².